The normalized spacial score (nSPS) is 12.3. The van der Waals surface area contributed by atoms with E-state index in [2.05, 4.69) is 20.3 Å². The van der Waals surface area contributed by atoms with Crippen LogP contribution in [-0.2, 0) is 13.6 Å². The van der Waals surface area contributed by atoms with E-state index in [1.165, 1.54) is 40.7 Å². The Bertz CT molecular complexity index is 1550. The topological polar surface area (TPSA) is 98.2 Å². The van der Waals surface area contributed by atoms with Crippen LogP contribution in [0, 0.1) is 32.4 Å². The summed E-state index contributed by atoms with van der Waals surface area (Å²) < 4.78 is 31.1. The number of halogens is 2. The number of anilines is 1. The highest BCUT2D eigenvalue weighted by Crippen LogP contribution is 2.30. The minimum absolute atomic E-state index is 0.308. The Morgan fingerprint density at radius 1 is 1.12 bits per heavy atom. The summed E-state index contributed by atoms with van der Waals surface area (Å²) >= 11 is 1.39. The number of allylic oxidation sites excluding steroid dienone is 1. The van der Waals surface area contributed by atoms with Gasteiger partial charge in [0.25, 0.3) is 5.56 Å². The SMILES string of the molecule is CSc1cc(F)ccc1N[C@H](C)c1ccc(/C(C=NCc2cnc(C)nc2)=C/N)n(C)c(=O)c(C)cc(C)c1F. The Labute approximate surface area is 237 Å². The van der Waals surface area contributed by atoms with Gasteiger partial charge in [0.1, 0.15) is 17.5 Å². The number of aromatic nitrogens is 3. The van der Waals surface area contributed by atoms with E-state index in [-0.39, 0.29) is 11.4 Å². The van der Waals surface area contributed by atoms with Gasteiger partial charge in [0.2, 0.25) is 0 Å². The van der Waals surface area contributed by atoms with Gasteiger partial charge in [0.15, 0.2) is 0 Å². The Balaban J connectivity index is 2.13. The van der Waals surface area contributed by atoms with Crippen LogP contribution in [0.5, 0.6) is 0 Å². The molecule has 0 saturated heterocycles. The lowest BCUT2D eigenvalue weighted by molar-refractivity contribution is 0.592. The van der Waals surface area contributed by atoms with Crippen molar-refractivity contribution < 1.29 is 8.78 Å². The Morgan fingerprint density at radius 3 is 2.48 bits per heavy atom. The lowest BCUT2D eigenvalue weighted by Crippen LogP contribution is -2.20. The third-order valence-electron chi connectivity index (χ3n) is 6.27. The van der Waals surface area contributed by atoms with Crippen molar-refractivity contribution in [2.75, 3.05) is 11.6 Å². The fourth-order valence-electron chi connectivity index (χ4n) is 4.07. The molecule has 0 bridgehead atoms. The molecule has 3 rings (SSSR count). The number of nitrogens with one attached hydrogen (secondary N) is 1. The van der Waals surface area contributed by atoms with Gasteiger partial charge in [-0.05, 0) is 69.8 Å². The molecule has 0 fully saturated rings. The van der Waals surface area contributed by atoms with Crippen LogP contribution in [0.3, 0.4) is 0 Å². The molecule has 2 heterocycles. The van der Waals surface area contributed by atoms with Crippen molar-refractivity contribution >= 4 is 29.2 Å². The van der Waals surface area contributed by atoms with Crippen molar-refractivity contribution in [3.8, 4) is 0 Å². The Hall–Kier alpha value is -4.05. The van der Waals surface area contributed by atoms with Gasteiger partial charge in [0, 0.05) is 64.7 Å². The first-order valence-electron chi connectivity index (χ1n) is 12.6. The van der Waals surface area contributed by atoms with E-state index in [1.54, 1.807) is 64.6 Å². The van der Waals surface area contributed by atoms with Crippen LogP contribution in [0.25, 0.3) is 5.57 Å². The largest absolute Gasteiger partial charge is 0.404 e. The minimum atomic E-state index is -0.501. The molecule has 40 heavy (non-hydrogen) atoms. The summed E-state index contributed by atoms with van der Waals surface area (Å²) in [6, 6.07) is 8.73. The zero-order chi connectivity index (χ0) is 29.4. The summed E-state index contributed by atoms with van der Waals surface area (Å²) in [4.78, 5) is 26.7. The fraction of sp³-hybridized carbons (Fsp3) is 0.267. The number of aliphatic imine (C=N–C) groups is 1. The Kier molecular flexibility index (Phi) is 10.6. The molecular formula is C30H34F2N6OS. The molecule has 210 valence electrons. The number of rotatable bonds is 8. The smallest absolute Gasteiger partial charge is 0.253 e. The summed E-state index contributed by atoms with van der Waals surface area (Å²) in [5.74, 6) is -0.148. The van der Waals surface area contributed by atoms with Crippen molar-refractivity contribution in [2.24, 2.45) is 17.8 Å². The van der Waals surface area contributed by atoms with E-state index in [0.717, 1.165) is 5.56 Å². The highest BCUT2D eigenvalue weighted by Gasteiger charge is 2.15. The monoisotopic (exact) mass is 564 g/mol. The van der Waals surface area contributed by atoms with Crippen molar-refractivity contribution in [1.82, 2.24) is 14.5 Å². The maximum absolute atomic E-state index is 15.9. The second-order valence-electron chi connectivity index (χ2n) is 9.30. The minimum Gasteiger partial charge on any atom is -0.404 e. The summed E-state index contributed by atoms with van der Waals surface area (Å²) in [6.45, 7) is 7.20. The highest BCUT2D eigenvalue weighted by atomic mass is 32.2. The molecule has 7 nitrogen and oxygen atoms in total. The summed E-state index contributed by atoms with van der Waals surface area (Å²) in [7, 11) is 1.63. The first-order valence-corrected chi connectivity index (χ1v) is 13.8. The third kappa shape index (κ3) is 7.53. The van der Waals surface area contributed by atoms with Gasteiger partial charge in [0.05, 0.1) is 18.3 Å². The number of hydrogen-bond acceptors (Lipinski definition) is 7. The quantitative estimate of drug-likeness (QED) is 0.259. The fourth-order valence-corrected chi connectivity index (χ4v) is 4.65. The predicted octanol–water partition coefficient (Wildman–Crippen LogP) is 5.97. The average molecular weight is 565 g/mol. The van der Waals surface area contributed by atoms with Gasteiger partial charge in [-0.2, -0.15) is 0 Å². The van der Waals surface area contributed by atoms with E-state index >= 15 is 4.39 Å². The second kappa shape index (κ2) is 13.8. The van der Waals surface area contributed by atoms with E-state index in [9.17, 15) is 9.18 Å². The van der Waals surface area contributed by atoms with Gasteiger partial charge < -0.3 is 15.6 Å². The van der Waals surface area contributed by atoms with Crippen LogP contribution in [-0.4, -0.2) is 27.0 Å². The number of hydrogen-bond donors (Lipinski definition) is 2. The number of benzene rings is 1. The summed E-state index contributed by atoms with van der Waals surface area (Å²) in [6.07, 6.45) is 8.16. The van der Waals surface area contributed by atoms with Gasteiger partial charge in [-0.15, -0.1) is 11.8 Å². The third-order valence-corrected chi connectivity index (χ3v) is 7.05. The number of thioether (sulfide) groups is 1. The van der Waals surface area contributed by atoms with E-state index in [0.29, 0.717) is 50.9 Å². The molecule has 0 aliphatic heterocycles. The maximum Gasteiger partial charge on any atom is 0.253 e. The molecule has 2 aromatic heterocycles. The number of nitrogens with zero attached hydrogens (tertiary/aromatic N) is 4. The van der Waals surface area contributed by atoms with Crippen LogP contribution < -0.4 is 16.6 Å². The lowest BCUT2D eigenvalue weighted by atomic mass is 10.0. The van der Waals surface area contributed by atoms with Gasteiger partial charge in [-0.3, -0.25) is 9.79 Å². The summed E-state index contributed by atoms with van der Waals surface area (Å²) in [5.41, 5.74) is 9.10. The first-order chi connectivity index (χ1) is 19.0. The molecule has 1 aromatic carbocycles. The van der Waals surface area contributed by atoms with E-state index in [1.807, 2.05) is 13.2 Å². The number of aryl methyl sites for hydroxylation is 3. The molecular weight excluding hydrogens is 530 g/mol. The van der Waals surface area contributed by atoms with Gasteiger partial charge >= 0.3 is 0 Å². The molecule has 0 spiro atoms. The maximum atomic E-state index is 15.9. The van der Waals surface area contributed by atoms with Crippen LogP contribution in [0.1, 0.15) is 46.7 Å². The van der Waals surface area contributed by atoms with Crippen LogP contribution in [0.2, 0.25) is 0 Å². The second-order valence-corrected chi connectivity index (χ2v) is 10.2. The molecule has 0 radical (unpaired) electrons. The molecule has 0 saturated carbocycles. The molecule has 3 aromatic rings. The van der Waals surface area contributed by atoms with Crippen molar-refractivity contribution in [3.63, 3.8) is 0 Å². The zero-order valence-electron chi connectivity index (χ0n) is 23.5. The first kappa shape index (κ1) is 30.5. The number of nitrogens with two attached hydrogens (primary N) is 1. The molecule has 0 unspecified atom stereocenters. The van der Waals surface area contributed by atoms with E-state index < -0.39 is 11.9 Å². The Morgan fingerprint density at radius 2 is 1.82 bits per heavy atom. The van der Waals surface area contributed by atoms with Crippen molar-refractivity contribution in [1.29, 1.82) is 0 Å². The van der Waals surface area contributed by atoms with Crippen LogP contribution in [0.15, 0.2) is 69.7 Å². The van der Waals surface area contributed by atoms with Crippen molar-refractivity contribution in [3.05, 3.63) is 111 Å². The van der Waals surface area contributed by atoms with Gasteiger partial charge in [-0.1, -0.05) is 6.07 Å². The van der Waals surface area contributed by atoms with E-state index in [4.69, 9.17) is 5.73 Å². The molecule has 0 aliphatic rings. The van der Waals surface area contributed by atoms with Crippen LogP contribution >= 0.6 is 11.8 Å². The molecule has 0 amide bonds. The average Bonchev–Trinajstić information content (AvgIpc) is 2.94. The molecule has 3 N–H and O–H groups in total. The molecule has 1 atom stereocenters. The highest BCUT2D eigenvalue weighted by molar-refractivity contribution is 7.98. The lowest BCUT2D eigenvalue weighted by Gasteiger charge is -2.19. The zero-order valence-corrected chi connectivity index (χ0v) is 24.3. The summed E-state index contributed by atoms with van der Waals surface area (Å²) in [5, 5.41) is 3.30. The van der Waals surface area contributed by atoms with Gasteiger partial charge in [-0.25, -0.2) is 18.7 Å². The van der Waals surface area contributed by atoms with Crippen LogP contribution in [0.4, 0.5) is 14.5 Å². The standard InChI is InChI=1S/C30H34F2N6OS/c1-18-11-19(2)30(39)38(5)27(23(13-33)17-34-14-22-15-35-21(4)36-16-22)10-8-25(29(18)32)20(3)37-26-9-7-24(31)12-28(26)40-6/h7-13,15-17,20,37H,14,33H2,1-6H3/b19-11?,23-13+,25-8?,27-10?,29-18?,34-17?/t20-/m1/s1. The molecule has 0 aliphatic carbocycles. The predicted molar refractivity (Wildman–Crippen MR) is 160 cm³/mol. The molecule has 10 heteroatoms. The van der Waals surface area contributed by atoms with Crippen molar-refractivity contribution in [2.45, 2.75) is 45.2 Å².